The van der Waals surface area contributed by atoms with Crippen LogP contribution in [0.15, 0.2) is 0 Å². The first-order valence-electron chi connectivity index (χ1n) is 13.4. The number of ether oxygens (including phenoxy) is 2. The fourth-order valence-electron chi connectivity index (χ4n) is 10.3. The van der Waals surface area contributed by atoms with Crippen molar-refractivity contribution in [2.45, 2.75) is 110 Å². The second kappa shape index (κ2) is 6.93. The van der Waals surface area contributed by atoms with Gasteiger partial charge in [0.05, 0.1) is 24.9 Å². The van der Waals surface area contributed by atoms with Crippen LogP contribution in [0.4, 0.5) is 0 Å². The number of hydrogen-bond acceptors (Lipinski definition) is 4. The lowest BCUT2D eigenvalue weighted by molar-refractivity contribution is -0.273. The summed E-state index contributed by atoms with van der Waals surface area (Å²) in [4.78, 5) is 0. The molecule has 4 nitrogen and oxygen atoms in total. The Morgan fingerprint density at radius 1 is 0.839 bits per heavy atom. The van der Waals surface area contributed by atoms with Crippen molar-refractivity contribution in [3.8, 4) is 0 Å². The van der Waals surface area contributed by atoms with Crippen molar-refractivity contribution in [3.05, 3.63) is 0 Å². The molecule has 2 heterocycles. The van der Waals surface area contributed by atoms with E-state index in [0.717, 1.165) is 37.7 Å². The minimum absolute atomic E-state index is 0.191. The first-order valence-corrected chi connectivity index (χ1v) is 13.4. The second-order valence-electron chi connectivity index (χ2n) is 13.2. The zero-order valence-electron chi connectivity index (χ0n) is 20.1. The summed E-state index contributed by atoms with van der Waals surface area (Å²) in [6.07, 6.45) is 9.51. The molecule has 6 rings (SSSR count). The highest BCUT2D eigenvalue weighted by Gasteiger charge is 2.69. The molecule has 4 aliphatic carbocycles. The summed E-state index contributed by atoms with van der Waals surface area (Å²) in [6, 6.07) is 0. The van der Waals surface area contributed by atoms with Crippen LogP contribution < -0.4 is 0 Å². The summed E-state index contributed by atoms with van der Waals surface area (Å²) in [5, 5.41) is 20.9. The molecule has 0 bridgehead atoms. The summed E-state index contributed by atoms with van der Waals surface area (Å²) in [6.45, 7) is 10.6. The van der Waals surface area contributed by atoms with Gasteiger partial charge < -0.3 is 19.7 Å². The van der Waals surface area contributed by atoms with Crippen molar-refractivity contribution in [1.29, 1.82) is 0 Å². The quantitative estimate of drug-likeness (QED) is 0.579. The van der Waals surface area contributed by atoms with E-state index < -0.39 is 12.2 Å². The van der Waals surface area contributed by atoms with E-state index >= 15 is 0 Å². The Morgan fingerprint density at radius 2 is 1.65 bits per heavy atom. The van der Waals surface area contributed by atoms with E-state index in [-0.39, 0.29) is 11.2 Å². The highest BCUT2D eigenvalue weighted by Crippen LogP contribution is 2.71. The standard InChI is InChI=1S/C27H44O4/c1-15-7-10-27(30-14-15)16(2)24-23(31-27)12-20-18-6-5-17-11-21(28)22(29)13-26(17,4)19(18)8-9-25(20,24)3/h15-24,28-29H,5-14H2,1-4H3/t15-,16+,17-,18-,19+,20+,21-,22+,23+,24+,25+,26+,27-/m1/s1. The molecular formula is C27H44O4. The molecule has 176 valence electrons. The zero-order chi connectivity index (χ0) is 21.8. The molecule has 0 aromatic carbocycles. The van der Waals surface area contributed by atoms with E-state index in [1.165, 1.54) is 38.5 Å². The molecule has 2 aliphatic heterocycles. The Hall–Kier alpha value is -0.160. The molecule has 2 N–H and O–H groups in total. The van der Waals surface area contributed by atoms with Crippen LogP contribution in [0.2, 0.25) is 0 Å². The van der Waals surface area contributed by atoms with E-state index in [9.17, 15) is 10.2 Å². The first-order chi connectivity index (χ1) is 14.7. The van der Waals surface area contributed by atoms with E-state index in [0.29, 0.717) is 41.1 Å². The van der Waals surface area contributed by atoms with Gasteiger partial charge in [-0.1, -0.05) is 27.7 Å². The van der Waals surface area contributed by atoms with Gasteiger partial charge in [0, 0.05) is 12.3 Å². The van der Waals surface area contributed by atoms with Gasteiger partial charge in [-0.3, -0.25) is 0 Å². The topological polar surface area (TPSA) is 58.9 Å². The molecule has 4 saturated carbocycles. The van der Waals surface area contributed by atoms with Crippen molar-refractivity contribution < 1.29 is 19.7 Å². The Morgan fingerprint density at radius 3 is 2.39 bits per heavy atom. The number of hydrogen-bond donors (Lipinski definition) is 2. The van der Waals surface area contributed by atoms with Crippen LogP contribution in [0, 0.1) is 52.3 Å². The van der Waals surface area contributed by atoms with Crippen LogP contribution >= 0.6 is 0 Å². The van der Waals surface area contributed by atoms with E-state index in [1.54, 1.807) is 0 Å². The average Bonchev–Trinajstić information content (AvgIpc) is 3.16. The summed E-state index contributed by atoms with van der Waals surface area (Å²) >= 11 is 0. The minimum Gasteiger partial charge on any atom is -0.390 e. The molecule has 0 aromatic heterocycles. The maximum Gasteiger partial charge on any atom is 0.171 e. The lowest BCUT2D eigenvalue weighted by Gasteiger charge is -2.61. The van der Waals surface area contributed by atoms with Crippen LogP contribution in [0.3, 0.4) is 0 Å². The molecule has 1 spiro atoms. The van der Waals surface area contributed by atoms with Crippen molar-refractivity contribution in [3.63, 3.8) is 0 Å². The third kappa shape index (κ3) is 2.80. The SMILES string of the molecule is C[C@@H]1CC[C@@]2(OC1)O[C@H]1C[C@H]3[C@@H]4CC[C@@H]5C[C@@H](O)[C@@H](O)C[C@]5(C)[C@H]4CC[C@]3(C)[C@H]1[C@@H]2C. The van der Waals surface area contributed by atoms with Gasteiger partial charge in [-0.25, -0.2) is 0 Å². The number of aliphatic hydroxyl groups is 2. The van der Waals surface area contributed by atoms with Gasteiger partial charge in [0.25, 0.3) is 0 Å². The fraction of sp³-hybridized carbons (Fsp3) is 1.00. The Bertz CT molecular complexity index is 716. The summed E-state index contributed by atoms with van der Waals surface area (Å²) in [7, 11) is 0. The van der Waals surface area contributed by atoms with Crippen molar-refractivity contribution in [2.24, 2.45) is 52.3 Å². The highest BCUT2D eigenvalue weighted by molar-refractivity contribution is 5.15. The normalized spacial score (nSPS) is 63.3. The Balaban J connectivity index is 1.26. The molecule has 0 unspecified atom stereocenters. The van der Waals surface area contributed by atoms with Gasteiger partial charge in [-0.05, 0) is 97.7 Å². The predicted molar refractivity (Wildman–Crippen MR) is 119 cm³/mol. The molecular weight excluding hydrogens is 388 g/mol. The van der Waals surface area contributed by atoms with Crippen molar-refractivity contribution >= 4 is 0 Å². The fourth-order valence-corrected chi connectivity index (χ4v) is 10.3. The van der Waals surface area contributed by atoms with Gasteiger partial charge in [0.15, 0.2) is 5.79 Å². The number of aliphatic hydroxyl groups excluding tert-OH is 2. The molecule has 0 radical (unpaired) electrons. The smallest absolute Gasteiger partial charge is 0.171 e. The van der Waals surface area contributed by atoms with Crippen LogP contribution in [0.5, 0.6) is 0 Å². The molecule has 6 aliphatic rings. The van der Waals surface area contributed by atoms with Gasteiger partial charge in [-0.15, -0.1) is 0 Å². The molecule has 0 aromatic rings. The molecule has 4 heteroatoms. The molecule has 13 atom stereocenters. The largest absolute Gasteiger partial charge is 0.390 e. The maximum atomic E-state index is 10.6. The van der Waals surface area contributed by atoms with E-state index in [4.69, 9.17) is 9.47 Å². The lowest BCUT2D eigenvalue weighted by Crippen LogP contribution is -2.57. The number of fused-ring (bicyclic) bond motifs is 7. The van der Waals surface area contributed by atoms with Gasteiger partial charge in [-0.2, -0.15) is 0 Å². The number of rotatable bonds is 0. The monoisotopic (exact) mass is 432 g/mol. The highest BCUT2D eigenvalue weighted by atomic mass is 16.7. The van der Waals surface area contributed by atoms with Gasteiger partial charge >= 0.3 is 0 Å². The minimum atomic E-state index is -0.537. The third-order valence-corrected chi connectivity index (χ3v) is 12.0. The third-order valence-electron chi connectivity index (χ3n) is 12.0. The van der Waals surface area contributed by atoms with Crippen molar-refractivity contribution in [1.82, 2.24) is 0 Å². The molecule has 0 amide bonds. The van der Waals surface area contributed by atoms with Gasteiger partial charge in [0.1, 0.15) is 0 Å². The van der Waals surface area contributed by atoms with Crippen molar-refractivity contribution in [2.75, 3.05) is 6.61 Å². The van der Waals surface area contributed by atoms with Gasteiger partial charge in [0.2, 0.25) is 0 Å². The summed E-state index contributed by atoms with van der Waals surface area (Å²) in [5.74, 6) is 4.21. The Labute approximate surface area is 188 Å². The van der Waals surface area contributed by atoms with Crippen LogP contribution in [0.25, 0.3) is 0 Å². The first kappa shape index (κ1) is 21.4. The van der Waals surface area contributed by atoms with Crippen LogP contribution in [-0.2, 0) is 9.47 Å². The predicted octanol–water partition coefficient (Wildman–Crippen LogP) is 4.76. The molecule has 6 fully saturated rings. The molecule has 31 heavy (non-hydrogen) atoms. The zero-order valence-corrected chi connectivity index (χ0v) is 20.1. The van der Waals surface area contributed by atoms with E-state index in [2.05, 4.69) is 27.7 Å². The van der Waals surface area contributed by atoms with Crippen LogP contribution in [0.1, 0.15) is 85.5 Å². The lowest BCUT2D eigenvalue weighted by atomic mass is 9.44. The average molecular weight is 433 g/mol. The summed E-state index contributed by atoms with van der Waals surface area (Å²) < 4.78 is 13.3. The van der Waals surface area contributed by atoms with Crippen LogP contribution in [-0.4, -0.2) is 40.9 Å². The molecule has 2 saturated heterocycles. The second-order valence-corrected chi connectivity index (χ2v) is 13.2. The maximum absolute atomic E-state index is 10.6. The summed E-state index contributed by atoms with van der Waals surface area (Å²) in [5.41, 5.74) is 0.550. The Kier molecular flexibility index (Phi) is 4.78. The van der Waals surface area contributed by atoms with E-state index in [1.807, 2.05) is 0 Å².